The summed E-state index contributed by atoms with van der Waals surface area (Å²) in [6, 6.07) is 16.0. The van der Waals surface area contributed by atoms with Gasteiger partial charge in [-0.1, -0.05) is 23.9 Å². The molecule has 1 nitrogen and oxygen atoms in total. The molecule has 0 heterocycles. The lowest BCUT2D eigenvalue weighted by Crippen LogP contribution is -1.83. The minimum atomic E-state index is 0.707. The highest BCUT2D eigenvalue weighted by atomic mass is 79.9. The summed E-state index contributed by atoms with van der Waals surface area (Å²) in [6.45, 7) is 2.03. The summed E-state index contributed by atoms with van der Waals surface area (Å²) in [5, 5.41) is 8.82. The molecule has 2 aromatic carbocycles. The monoisotopic (exact) mass is 303 g/mol. The van der Waals surface area contributed by atoms with E-state index >= 15 is 0 Å². The van der Waals surface area contributed by atoms with Crippen LogP contribution in [0.1, 0.15) is 11.1 Å². The van der Waals surface area contributed by atoms with Gasteiger partial charge in [0.05, 0.1) is 11.6 Å². The van der Waals surface area contributed by atoms with E-state index in [9.17, 15) is 0 Å². The molecule has 0 amide bonds. The predicted molar refractivity (Wildman–Crippen MR) is 74.2 cm³/mol. The van der Waals surface area contributed by atoms with Crippen LogP contribution in [0.15, 0.2) is 56.7 Å². The Bertz CT molecular complexity index is 587. The number of nitrogens with zero attached hydrogens (tertiary/aromatic N) is 1. The van der Waals surface area contributed by atoms with E-state index < -0.39 is 0 Å². The Labute approximate surface area is 114 Å². The van der Waals surface area contributed by atoms with Crippen LogP contribution in [0.2, 0.25) is 0 Å². The van der Waals surface area contributed by atoms with Gasteiger partial charge in [-0.2, -0.15) is 5.26 Å². The second kappa shape index (κ2) is 5.39. The lowest BCUT2D eigenvalue weighted by Gasteiger charge is -2.07. The molecule has 2 aromatic rings. The molecule has 0 saturated carbocycles. The molecule has 0 aliphatic heterocycles. The summed E-state index contributed by atoms with van der Waals surface area (Å²) < 4.78 is 1.09. The van der Waals surface area contributed by atoms with Crippen LogP contribution >= 0.6 is 27.7 Å². The maximum Gasteiger partial charge on any atom is 0.0991 e. The van der Waals surface area contributed by atoms with Gasteiger partial charge in [0, 0.05) is 14.3 Å². The lowest BCUT2D eigenvalue weighted by molar-refractivity contribution is 1.27. The molecule has 0 aromatic heterocycles. The second-order valence-corrected chi connectivity index (χ2v) is 5.56. The molecule has 0 saturated heterocycles. The van der Waals surface area contributed by atoms with Gasteiger partial charge in [0.15, 0.2) is 0 Å². The highest BCUT2D eigenvalue weighted by Gasteiger charge is 2.04. The number of rotatable bonds is 2. The summed E-state index contributed by atoms with van der Waals surface area (Å²) in [5.74, 6) is 0. The van der Waals surface area contributed by atoms with Crippen molar-refractivity contribution < 1.29 is 0 Å². The van der Waals surface area contributed by atoms with Crippen molar-refractivity contribution in [2.24, 2.45) is 0 Å². The third kappa shape index (κ3) is 2.91. The Hall–Kier alpha value is -1.24. The van der Waals surface area contributed by atoms with Gasteiger partial charge in [0.2, 0.25) is 0 Å². The summed E-state index contributed by atoms with van der Waals surface area (Å²) in [7, 11) is 0. The van der Waals surface area contributed by atoms with Crippen molar-refractivity contribution in [3.63, 3.8) is 0 Å². The minimum absolute atomic E-state index is 0.707. The summed E-state index contributed by atoms with van der Waals surface area (Å²) in [5.41, 5.74) is 1.84. The van der Waals surface area contributed by atoms with Crippen LogP contribution in [-0.4, -0.2) is 0 Å². The molecule has 0 fully saturated rings. The zero-order valence-corrected chi connectivity index (χ0v) is 11.7. The molecule has 0 unspecified atom stereocenters. The van der Waals surface area contributed by atoms with Crippen LogP contribution < -0.4 is 0 Å². The number of halogens is 1. The fourth-order valence-corrected chi connectivity index (χ4v) is 2.91. The van der Waals surface area contributed by atoms with Crippen LogP contribution in [0.3, 0.4) is 0 Å². The molecule has 0 aliphatic rings. The fourth-order valence-electron chi connectivity index (χ4n) is 1.48. The van der Waals surface area contributed by atoms with E-state index in [4.69, 9.17) is 5.26 Å². The Morgan fingerprint density at radius 1 is 1.12 bits per heavy atom. The summed E-state index contributed by atoms with van der Waals surface area (Å²) in [4.78, 5) is 2.36. The number of hydrogen-bond acceptors (Lipinski definition) is 2. The van der Waals surface area contributed by atoms with E-state index in [1.54, 1.807) is 11.8 Å². The number of nitriles is 1. The van der Waals surface area contributed by atoms with Gasteiger partial charge in [-0.15, -0.1) is 0 Å². The molecule has 0 radical (unpaired) electrons. The van der Waals surface area contributed by atoms with Crippen molar-refractivity contribution >= 4 is 27.7 Å². The van der Waals surface area contributed by atoms with Gasteiger partial charge in [-0.3, -0.25) is 0 Å². The van der Waals surface area contributed by atoms with E-state index in [1.807, 2.05) is 43.3 Å². The van der Waals surface area contributed by atoms with Gasteiger partial charge in [0.25, 0.3) is 0 Å². The van der Waals surface area contributed by atoms with Crippen molar-refractivity contribution in [1.82, 2.24) is 0 Å². The Balaban J connectivity index is 2.32. The van der Waals surface area contributed by atoms with Crippen LogP contribution in [0.4, 0.5) is 0 Å². The van der Waals surface area contributed by atoms with Crippen molar-refractivity contribution in [2.45, 2.75) is 16.7 Å². The van der Waals surface area contributed by atoms with Crippen LogP contribution in [0.5, 0.6) is 0 Å². The highest BCUT2D eigenvalue weighted by Crippen LogP contribution is 2.35. The predicted octanol–water partition coefficient (Wildman–Crippen LogP) is 4.78. The Morgan fingerprint density at radius 2 is 1.88 bits per heavy atom. The van der Waals surface area contributed by atoms with E-state index in [0.717, 1.165) is 10.0 Å². The fraction of sp³-hybridized carbons (Fsp3) is 0.0714. The lowest BCUT2D eigenvalue weighted by atomic mass is 10.2. The first kappa shape index (κ1) is 12.2. The van der Waals surface area contributed by atoms with Crippen LogP contribution in [-0.2, 0) is 0 Å². The first-order valence-electron chi connectivity index (χ1n) is 5.14. The summed E-state index contributed by atoms with van der Waals surface area (Å²) >= 11 is 5.24. The molecular formula is C14H10BrNS. The van der Waals surface area contributed by atoms with Gasteiger partial charge in [0.1, 0.15) is 0 Å². The maximum atomic E-state index is 8.82. The first-order chi connectivity index (χ1) is 8.20. The van der Waals surface area contributed by atoms with Gasteiger partial charge in [-0.25, -0.2) is 0 Å². The number of benzene rings is 2. The van der Waals surface area contributed by atoms with Crippen LogP contribution in [0.25, 0.3) is 0 Å². The molecule has 0 aliphatic carbocycles. The third-order valence-electron chi connectivity index (χ3n) is 2.36. The van der Waals surface area contributed by atoms with E-state index in [-0.39, 0.29) is 0 Å². The topological polar surface area (TPSA) is 23.8 Å². The van der Waals surface area contributed by atoms with E-state index in [1.165, 1.54) is 9.79 Å². The standard InChI is InChI=1S/C14H10BrNS/c1-10-8-11(9-16)6-7-13(10)17-14-5-3-2-4-12(14)15/h2-8H,1H3. The van der Waals surface area contributed by atoms with Crippen molar-refractivity contribution in [3.8, 4) is 6.07 Å². The van der Waals surface area contributed by atoms with Gasteiger partial charge < -0.3 is 0 Å². The van der Waals surface area contributed by atoms with Crippen molar-refractivity contribution in [1.29, 1.82) is 5.26 Å². The van der Waals surface area contributed by atoms with Gasteiger partial charge >= 0.3 is 0 Å². The molecule has 0 N–H and O–H groups in total. The normalized spacial score (nSPS) is 9.94. The summed E-state index contributed by atoms with van der Waals surface area (Å²) in [6.07, 6.45) is 0. The molecule has 17 heavy (non-hydrogen) atoms. The third-order valence-corrected chi connectivity index (χ3v) is 4.57. The molecule has 0 atom stereocenters. The zero-order chi connectivity index (χ0) is 12.3. The Kier molecular flexibility index (Phi) is 3.88. The van der Waals surface area contributed by atoms with Crippen molar-refractivity contribution in [2.75, 3.05) is 0 Å². The van der Waals surface area contributed by atoms with Crippen LogP contribution in [0, 0.1) is 18.3 Å². The highest BCUT2D eigenvalue weighted by molar-refractivity contribution is 9.10. The SMILES string of the molecule is Cc1cc(C#N)ccc1Sc1ccccc1Br. The average molecular weight is 304 g/mol. The minimum Gasteiger partial charge on any atom is -0.192 e. The number of hydrogen-bond donors (Lipinski definition) is 0. The largest absolute Gasteiger partial charge is 0.192 e. The van der Waals surface area contributed by atoms with E-state index in [2.05, 4.69) is 28.1 Å². The average Bonchev–Trinajstić information content (AvgIpc) is 2.34. The molecule has 0 bridgehead atoms. The number of aryl methyl sites for hydroxylation is 1. The molecular weight excluding hydrogens is 294 g/mol. The first-order valence-corrected chi connectivity index (χ1v) is 6.75. The molecule has 2 rings (SSSR count). The zero-order valence-electron chi connectivity index (χ0n) is 9.27. The Morgan fingerprint density at radius 3 is 2.53 bits per heavy atom. The quantitative estimate of drug-likeness (QED) is 0.797. The molecule has 84 valence electrons. The smallest absolute Gasteiger partial charge is 0.0991 e. The molecule has 3 heteroatoms. The van der Waals surface area contributed by atoms with E-state index in [0.29, 0.717) is 5.56 Å². The molecule has 0 spiro atoms. The van der Waals surface area contributed by atoms with Gasteiger partial charge in [-0.05, 0) is 58.7 Å². The van der Waals surface area contributed by atoms with Crippen molar-refractivity contribution in [3.05, 3.63) is 58.1 Å². The second-order valence-electron chi connectivity index (χ2n) is 3.62. The maximum absolute atomic E-state index is 8.82.